The molecule has 0 heterocycles. The van der Waals surface area contributed by atoms with Crippen molar-refractivity contribution in [2.75, 3.05) is 13.7 Å². The van der Waals surface area contributed by atoms with Gasteiger partial charge in [0.25, 0.3) is 0 Å². The topological polar surface area (TPSA) is 55.8 Å². The van der Waals surface area contributed by atoms with Crippen molar-refractivity contribution in [2.24, 2.45) is 0 Å². The third kappa shape index (κ3) is 4.11. The molecule has 0 aliphatic heterocycles. The summed E-state index contributed by atoms with van der Waals surface area (Å²) in [5.41, 5.74) is 1.79. The van der Waals surface area contributed by atoms with Gasteiger partial charge in [0.1, 0.15) is 19.0 Å². The molecule has 0 aliphatic carbocycles. The normalized spacial score (nSPS) is 9.55. The molecule has 4 heteroatoms. The molecule has 0 fully saturated rings. The van der Waals surface area contributed by atoms with Gasteiger partial charge in [0.15, 0.2) is 0 Å². The number of hydrogen-bond acceptors (Lipinski definition) is 4. The van der Waals surface area contributed by atoms with Gasteiger partial charge in [0.05, 0.1) is 12.7 Å². The van der Waals surface area contributed by atoms with Crippen LogP contribution in [0.15, 0.2) is 48.5 Å². The number of carbonyl (C=O) groups excluding carboxylic acids is 1. The van der Waals surface area contributed by atoms with Crippen LogP contribution in [0.2, 0.25) is 0 Å². The van der Waals surface area contributed by atoms with Crippen molar-refractivity contribution in [3.63, 3.8) is 0 Å². The zero-order valence-corrected chi connectivity index (χ0v) is 12.2. The van der Waals surface area contributed by atoms with Crippen LogP contribution in [0.1, 0.15) is 21.5 Å². The number of aliphatic hydroxyl groups is 1. The van der Waals surface area contributed by atoms with Crippen molar-refractivity contribution >= 4 is 5.97 Å². The molecule has 0 bridgehead atoms. The molecule has 0 aliphatic rings. The van der Waals surface area contributed by atoms with Crippen LogP contribution in [-0.4, -0.2) is 24.8 Å². The molecule has 2 aromatic carbocycles. The fourth-order valence-corrected chi connectivity index (χ4v) is 1.85. The number of methoxy groups -OCH3 is 1. The predicted octanol–water partition coefficient (Wildman–Crippen LogP) is 2.40. The molecule has 2 aromatic rings. The van der Waals surface area contributed by atoms with Gasteiger partial charge in [-0.1, -0.05) is 36.1 Å². The number of ether oxygens (including phenoxy) is 2. The first-order valence-electron chi connectivity index (χ1n) is 6.73. The van der Waals surface area contributed by atoms with E-state index in [1.165, 1.54) is 0 Å². The molecule has 0 spiro atoms. The van der Waals surface area contributed by atoms with Gasteiger partial charge in [-0.2, -0.15) is 0 Å². The van der Waals surface area contributed by atoms with Crippen LogP contribution in [0.4, 0.5) is 0 Å². The van der Waals surface area contributed by atoms with E-state index in [1.807, 2.05) is 24.3 Å². The van der Waals surface area contributed by atoms with Gasteiger partial charge >= 0.3 is 5.97 Å². The number of esters is 1. The fraction of sp³-hybridized carbons (Fsp3) is 0.167. The highest BCUT2D eigenvalue weighted by atomic mass is 16.5. The Morgan fingerprint density at radius 2 is 1.86 bits per heavy atom. The molecule has 4 nitrogen and oxygen atoms in total. The van der Waals surface area contributed by atoms with Gasteiger partial charge in [-0.15, -0.1) is 0 Å². The number of carbonyl (C=O) groups is 1. The second-order valence-electron chi connectivity index (χ2n) is 4.43. The van der Waals surface area contributed by atoms with Crippen LogP contribution in [-0.2, 0) is 11.3 Å². The number of aliphatic hydroxyl groups excluding tert-OH is 1. The molecular formula is C18H16O4. The SMILES string of the molecule is COc1ccc(COC(=O)c2ccccc2C#CCO)cc1. The summed E-state index contributed by atoms with van der Waals surface area (Å²) in [7, 11) is 1.60. The van der Waals surface area contributed by atoms with Crippen LogP contribution < -0.4 is 4.74 Å². The summed E-state index contributed by atoms with van der Waals surface area (Å²) in [6.07, 6.45) is 0. The minimum atomic E-state index is -0.446. The highest BCUT2D eigenvalue weighted by molar-refractivity contribution is 5.92. The van der Waals surface area contributed by atoms with E-state index >= 15 is 0 Å². The molecule has 0 unspecified atom stereocenters. The van der Waals surface area contributed by atoms with Crippen molar-refractivity contribution in [2.45, 2.75) is 6.61 Å². The Hall–Kier alpha value is -2.77. The first-order chi connectivity index (χ1) is 10.7. The lowest BCUT2D eigenvalue weighted by Gasteiger charge is -2.07. The van der Waals surface area contributed by atoms with E-state index in [1.54, 1.807) is 31.4 Å². The Kier molecular flexibility index (Phi) is 5.58. The highest BCUT2D eigenvalue weighted by Gasteiger charge is 2.11. The molecule has 0 aromatic heterocycles. The maximum Gasteiger partial charge on any atom is 0.339 e. The van der Waals surface area contributed by atoms with Gasteiger partial charge in [0.2, 0.25) is 0 Å². The minimum Gasteiger partial charge on any atom is -0.497 e. The Labute approximate surface area is 129 Å². The Morgan fingerprint density at radius 1 is 1.14 bits per heavy atom. The third-order valence-electron chi connectivity index (χ3n) is 2.98. The monoisotopic (exact) mass is 296 g/mol. The summed E-state index contributed by atoms with van der Waals surface area (Å²) in [6.45, 7) is -0.0835. The smallest absolute Gasteiger partial charge is 0.339 e. The van der Waals surface area contributed by atoms with Crippen LogP contribution in [0.25, 0.3) is 0 Å². The summed E-state index contributed by atoms with van der Waals surface area (Å²) < 4.78 is 10.4. The summed E-state index contributed by atoms with van der Waals surface area (Å²) in [4.78, 5) is 12.1. The van der Waals surface area contributed by atoms with Crippen molar-refractivity contribution in [3.8, 4) is 17.6 Å². The molecular weight excluding hydrogens is 280 g/mol. The van der Waals surface area contributed by atoms with E-state index < -0.39 is 5.97 Å². The summed E-state index contributed by atoms with van der Waals surface area (Å²) >= 11 is 0. The largest absolute Gasteiger partial charge is 0.497 e. The molecule has 0 amide bonds. The van der Waals surface area contributed by atoms with Crippen molar-refractivity contribution in [3.05, 3.63) is 65.2 Å². The zero-order chi connectivity index (χ0) is 15.8. The third-order valence-corrected chi connectivity index (χ3v) is 2.98. The molecule has 22 heavy (non-hydrogen) atoms. The maximum atomic E-state index is 12.1. The molecule has 0 radical (unpaired) electrons. The van der Waals surface area contributed by atoms with E-state index in [-0.39, 0.29) is 13.2 Å². The lowest BCUT2D eigenvalue weighted by atomic mass is 10.1. The summed E-state index contributed by atoms with van der Waals surface area (Å²) in [5, 5.41) is 8.75. The standard InChI is InChI=1S/C18H16O4/c1-21-16-10-8-14(9-11-16)13-22-18(20)17-7-3-2-5-15(17)6-4-12-19/h2-3,5,7-11,19H,12-13H2,1H3. The first-order valence-corrected chi connectivity index (χ1v) is 6.73. The second-order valence-corrected chi connectivity index (χ2v) is 4.43. The van der Waals surface area contributed by atoms with Crippen LogP contribution in [0, 0.1) is 11.8 Å². The number of rotatable bonds is 4. The van der Waals surface area contributed by atoms with Crippen molar-refractivity contribution in [1.82, 2.24) is 0 Å². The summed E-state index contributed by atoms with van der Waals surface area (Å²) in [5.74, 6) is 5.57. The van der Waals surface area contributed by atoms with Crippen LogP contribution in [0.5, 0.6) is 5.75 Å². The molecule has 112 valence electrons. The lowest BCUT2D eigenvalue weighted by Crippen LogP contribution is -2.07. The average Bonchev–Trinajstić information content (AvgIpc) is 2.58. The van der Waals surface area contributed by atoms with E-state index in [4.69, 9.17) is 14.6 Å². The minimum absolute atomic E-state index is 0.171. The van der Waals surface area contributed by atoms with Gasteiger partial charge in [-0.05, 0) is 29.8 Å². The maximum absolute atomic E-state index is 12.1. The van der Waals surface area contributed by atoms with Gasteiger partial charge in [-0.3, -0.25) is 0 Å². The quantitative estimate of drug-likeness (QED) is 0.695. The van der Waals surface area contributed by atoms with Crippen molar-refractivity contribution in [1.29, 1.82) is 0 Å². The number of hydrogen-bond donors (Lipinski definition) is 1. The van der Waals surface area contributed by atoms with E-state index in [9.17, 15) is 4.79 Å². The van der Waals surface area contributed by atoms with E-state index in [0.29, 0.717) is 11.1 Å². The number of benzene rings is 2. The lowest BCUT2D eigenvalue weighted by molar-refractivity contribution is 0.0472. The van der Waals surface area contributed by atoms with Crippen molar-refractivity contribution < 1.29 is 19.4 Å². The highest BCUT2D eigenvalue weighted by Crippen LogP contribution is 2.14. The second kappa shape index (κ2) is 7.87. The molecule has 0 saturated carbocycles. The zero-order valence-electron chi connectivity index (χ0n) is 12.2. The van der Waals surface area contributed by atoms with Gasteiger partial charge < -0.3 is 14.6 Å². The molecule has 0 saturated heterocycles. The van der Waals surface area contributed by atoms with Crippen LogP contribution in [0.3, 0.4) is 0 Å². The Morgan fingerprint density at radius 3 is 2.55 bits per heavy atom. The summed E-state index contributed by atoms with van der Waals surface area (Å²) in [6, 6.07) is 14.2. The first kappa shape index (κ1) is 15.6. The Balaban J connectivity index is 2.05. The fourth-order valence-electron chi connectivity index (χ4n) is 1.85. The molecule has 1 N–H and O–H groups in total. The van der Waals surface area contributed by atoms with E-state index in [0.717, 1.165) is 11.3 Å². The molecule has 0 atom stereocenters. The predicted molar refractivity (Wildman–Crippen MR) is 82.5 cm³/mol. The van der Waals surface area contributed by atoms with Crippen LogP contribution >= 0.6 is 0 Å². The van der Waals surface area contributed by atoms with Gasteiger partial charge in [-0.25, -0.2) is 4.79 Å². The molecule has 2 rings (SSSR count). The van der Waals surface area contributed by atoms with E-state index in [2.05, 4.69) is 11.8 Å². The Bertz CT molecular complexity index is 693. The average molecular weight is 296 g/mol. The van der Waals surface area contributed by atoms with Gasteiger partial charge in [0, 0.05) is 5.56 Å².